The number of rotatable bonds is 15. The third-order valence-electron chi connectivity index (χ3n) is 16.2. The van der Waals surface area contributed by atoms with Crippen LogP contribution in [-0.2, 0) is 60.4 Å². The number of amides is 1. The number of aliphatic hydroxyl groups is 3. The monoisotopic (exact) mass is 1030 g/mol. The molecule has 3 N–H and O–H groups in total. The molecule has 1 amide bonds. The SMILES string of the molecule is CC[C@H]1OC(=O)[C@H](C)[C@@H](O[C@H]2C[C@@](C)(OC)[C@@H](O)[C@H](C)O2)[C@H](C)[C@@H](O[C@H]2C[C@@H](N(C)CCc3cn(C[C@H]4CN(c5ccc(C(C)=O)cc5)C(=O)O4)nn3)C[C@@H](C)O2)[C@](C)(OC)C[C@@H](C)C(=O)[C@H](C)[C@@H](O)[C@]1(C)O. The van der Waals surface area contributed by atoms with E-state index in [1.54, 1.807) is 77.6 Å². The number of aliphatic hydroxyl groups excluding tert-OH is 2. The van der Waals surface area contributed by atoms with Crippen molar-refractivity contribution in [2.45, 2.75) is 205 Å². The highest BCUT2D eigenvalue weighted by Crippen LogP contribution is 2.42. The fourth-order valence-electron chi connectivity index (χ4n) is 11.4. The number of anilines is 1. The van der Waals surface area contributed by atoms with Gasteiger partial charge in [0.1, 0.15) is 29.7 Å². The Labute approximate surface area is 430 Å². The van der Waals surface area contributed by atoms with Crippen LogP contribution in [0.5, 0.6) is 0 Å². The number of ether oxygens (including phenoxy) is 8. The van der Waals surface area contributed by atoms with Crippen LogP contribution in [0.1, 0.15) is 124 Å². The molecule has 0 unspecified atom stereocenters. The molecule has 1 aromatic carbocycles. The van der Waals surface area contributed by atoms with E-state index in [9.17, 15) is 34.5 Å². The fourth-order valence-corrected chi connectivity index (χ4v) is 11.4. The smallest absolute Gasteiger partial charge is 0.414 e. The molecular weight excluding hydrogens is 947 g/mol. The van der Waals surface area contributed by atoms with Crippen LogP contribution in [0.15, 0.2) is 30.5 Å². The standard InChI is InChI=1S/C53H83N5O15/c1-15-41-53(11,65)46(61)31(4)44(60)29(2)24-52(10,67-14)48(32(5)45(33(6)49(63)71-41)72-43-25-51(9,66-13)47(62)35(8)69-43)73-42-23-39(22-30(3)68-42)56(12)21-20-37-26-57(55-54-37)27-40-28-58(50(64)70-40)38-18-16-36(17-19-38)34(7)59/h16-19,26,29-33,35,39-43,45-48,61-62,65H,15,20-25,27-28H2,1-14H3/t29-,30-,31+,32+,33-,35+,39+,40+,41-,42+,43+,45+,46-,47+,48-,51-,52-,53-/m1/s1. The molecule has 4 fully saturated rings. The number of carbonyl (C=O) groups is 4. The molecule has 6 rings (SSSR count). The summed E-state index contributed by atoms with van der Waals surface area (Å²) in [5, 5.41) is 43.3. The van der Waals surface area contributed by atoms with Crippen molar-refractivity contribution in [1.29, 1.82) is 0 Å². The van der Waals surface area contributed by atoms with Gasteiger partial charge in [0.15, 0.2) is 18.4 Å². The van der Waals surface area contributed by atoms with Gasteiger partial charge >= 0.3 is 12.1 Å². The highest BCUT2D eigenvalue weighted by atomic mass is 16.7. The minimum atomic E-state index is -1.98. The van der Waals surface area contributed by atoms with Gasteiger partial charge in [0.05, 0.1) is 66.4 Å². The van der Waals surface area contributed by atoms with Crippen LogP contribution in [-0.4, -0.2) is 177 Å². The average Bonchev–Trinajstić information content (AvgIpc) is 3.97. The van der Waals surface area contributed by atoms with Crippen molar-refractivity contribution in [2.24, 2.45) is 23.7 Å². The second-order valence-electron chi connectivity index (χ2n) is 21.9. The van der Waals surface area contributed by atoms with Crippen LogP contribution in [0.4, 0.5) is 10.5 Å². The lowest BCUT2D eigenvalue weighted by molar-refractivity contribution is -0.309. The molecule has 0 radical (unpaired) electrons. The van der Waals surface area contributed by atoms with E-state index in [0.29, 0.717) is 50.1 Å². The fraction of sp³-hybridized carbons (Fsp3) is 0.774. The number of benzene rings is 1. The van der Waals surface area contributed by atoms with Gasteiger partial charge in [-0.2, -0.15) is 0 Å². The summed E-state index contributed by atoms with van der Waals surface area (Å²) in [6, 6.07) is 6.84. The predicted molar refractivity (Wildman–Crippen MR) is 266 cm³/mol. The Morgan fingerprint density at radius 1 is 0.877 bits per heavy atom. The van der Waals surface area contributed by atoms with E-state index >= 15 is 0 Å². The van der Waals surface area contributed by atoms with Crippen molar-refractivity contribution >= 4 is 29.3 Å². The van der Waals surface area contributed by atoms with E-state index in [-0.39, 0.29) is 43.0 Å². The molecule has 410 valence electrons. The molecule has 18 atom stereocenters. The van der Waals surface area contributed by atoms with Gasteiger partial charge in [-0.05, 0) is 99.0 Å². The first-order valence-corrected chi connectivity index (χ1v) is 26.0. The van der Waals surface area contributed by atoms with Crippen molar-refractivity contribution in [3.63, 3.8) is 0 Å². The summed E-state index contributed by atoms with van der Waals surface area (Å²) in [6.07, 6.45) is -5.18. The number of carbonyl (C=O) groups excluding carboxylic acids is 4. The predicted octanol–water partition coefficient (Wildman–Crippen LogP) is 4.90. The largest absolute Gasteiger partial charge is 0.459 e. The Hall–Kier alpha value is -3.96. The number of aromatic nitrogens is 3. The zero-order valence-electron chi connectivity index (χ0n) is 45.4. The van der Waals surface area contributed by atoms with Gasteiger partial charge in [0.2, 0.25) is 0 Å². The van der Waals surface area contributed by atoms with Gasteiger partial charge in [-0.1, -0.05) is 32.9 Å². The maximum absolute atomic E-state index is 14.5. The van der Waals surface area contributed by atoms with E-state index in [0.717, 1.165) is 5.69 Å². The Balaban J connectivity index is 1.22. The zero-order valence-corrected chi connectivity index (χ0v) is 45.4. The first-order chi connectivity index (χ1) is 34.2. The maximum Gasteiger partial charge on any atom is 0.414 e. The Morgan fingerprint density at radius 2 is 1.55 bits per heavy atom. The van der Waals surface area contributed by atoms with Crippen molar-refractivity contribution in [3.05, 3.63) is 41.7 Å². The summed E-state index contributed by atoms with van der Waals surface area (Å²) in [4.78, 5) is 57.0. The Bertz CT molecular complexity index is 2190. The third kappa shape index (κ3) is 13.2. The zero-order chi connectivity index (χ0) is 53.9. The molecule has 5 heterocycles. The normalized spacial score (nSPS) is 39.3. The summed E-state index contributed by atoms with van der Waals surface area (Å²) in [5.41, 5.74) is -2.29. The summed E-state index contributed by atoms with van der Waals surface area (Å²) < 4.78 is 52.5. The second-order valence-corrected chi connectivity index (χ2v) is 21.9. The van der Waals surface area contributed by atoms with Gasteiger partial charge in [-0.25, -0.2) is 9.48 Å². The minimum absolute atomic E-state index is 0.00219. The molecule has 0 spiro atoms. The van der Waals surface area contributed by atoms with E-state index in [1.165, 1.54) is 25.9 Å². The molecule has 73 heavy (non-hydrogen) atoms. The molecule has 4 aliphatic heterocycles. The van der Waals surface area contributed by atoms with Gasteiger partial charge in [0.25, 0.3) is 0 Å². The number of hydrogen-bond acceptors (Lipinski definition) is 18. The van der Waals surface area contributed by atoms with Crippen molar-refractivity contribution < 1.29 is 72.4 Å². The van der Waals surface area contributed by atoms with Gasteiger partial charge in [0, 0.05) is 81.3 Å². The highest BCUT2D eigenvalue weighted by Gasteiger charge is 2.53. The molecule has 0 bridgehead atoms. The Morgan fingerprint density at radius 3 is 2.18 bits per heavy atom. The van der Waals surface area contributed by atoms with Crippen LogP contribution < -0.4 is 4.90 Å². The number of methoxy groups -OCH3 is 2. The molecule has 20 nitrogen and oxygen atoms in total. The van der Waals surface area contributed by atoms with Gasteiger partial charge < -0.3 is 58.1 Å². The van der Waals surface area contributed by atoms with Crippen LogP contribution in [0.25, 0.3) is 0 Å². The van der Waals surface area contributed by atoms with Crippen LogP contribution in [0, 0.1) is 23.7 Å². The lowest BCUT2D eigenvalue weighted by Gasteiger charge is -2.49. The number of hydrogen-bond donors (Lipinski definition) is 3. The van der Waals surface area contributed by atoms with Crippen molar-refractivity contribution in [2.75, 3.05) is 39.3 Å². The summed E-state index contributed by atoms with van der Waals surface area (Å²) in [7, 11) is 5.10. The molecule has 0 saturated carbocycles. The molecular formula is C53H83N5O15. The Kier molecular flexibility index (Phi) is 19.1. The quantitative estimate of drug-likeness (QED) is 0.159. The van der Waals surface area contributed by atoms with E-state index in [1.807, 2.05) is 34.0 Å². The van der Waals surface area contributed by atoms with E-state index in [4.69, 9.17) is 37.9 Å². The summed E-state index contributed by atoms with van der Waals surface area (Å²) in [5.74, 6) is -4.49. The topological polar surface area (TPSA) is 240 Å². The first kappa shape index (κ1) is 58.3. The van der Waals surface area contributed by atoms with Crippen molar-refractivity contribution in [1.82, 2.24) is 19.9 Å². The minimum Gasteiger partial charge on any atom is -0.459 e. The van der Waals surface area contributed by atoms with E-state index < -0.39 is 108 Å². The van der Waals surface area contributed by atoms with Crippen LogP contribution in [0.3, 0.4) is 0 Å². The first-order valence-electron chi connectivity index (χ1n) is 26.0. The van der Waals surface area contributed by atoms with Gasteiger partial charge in [-0.15, -0.1) is 5.10 Å². The van der Waals surface area contributed by atoms with Crippen molar-refractivity contribution in [3.8, 4) is 0 Å². The highest BCUT2D eigenvalue weighted by molar-refractivity contribution is 5.95. The maximum atomic E-state index is 14.5. The third-order valence-corrected chi connectivity index (χ3v) is 16.2. The van der Waals surface area contributed by atoms with E-state index in [2.05, 4.69) is 15.2 Å². The van der Waals surface area contributed by atoms with Crippen LogP contribution >= 0.6 is 0 Å². The summed E-state index contributed by atoms with van der Waals surface area (Å²) in [6.45, 7) is 20.1. The molecule has 0 aliphatic carbocycles. The number of cyclic esters (lactones) is 2. The summed E-state index contributed by atoms with van der Waals surface area (Å²) >= 11 is 0. The number of ketones is 2. The molecule has 2 aromatic rings. The molecule has 4 saturated heterocycles. The van der Waals surface area contributed by atoms with Gasteiger partial charge in [-0.3, -0.25) is 19.3 Å². The average molecular weight is 1030 g/mol. The molecule has 1 aromatic heterocycles. The lowest BCUT2D eigenvalue weighted by Crippen LogP contribution is -2.60. The molecule has 4 aliphatic rings. The second kappa shape index (κ2) is 23.9. The number of nitrogens with zero attached hydrogens (tertiary/aromatic N) is 5. The lowest BCUT2D eigenvalue weighted by atomic mass is 9.74. The number of likely N-dealkylation sites (N-methyl/N-ethyl adjacent to an activating group) is 1. The van der Waals surface area contributed by atoms with Crippen LogP contribution in [0.2, 0.25) is 0 Å². The number of esters is 1. The number of Topliss-reactive ketones (excluding diaryl/α,β-unsaturated/α-hetero) is 2. The molecule has 20 heteroatoms.